The molecule has 0 spiro atoms. The summed E-state index contributed by atoms with van der Waals surface area (Å²) in [4.78, 5) is 39.3. The van der Waals surface area contributed by atoms with Gasteiger partial charge >= 0.3 is 5.97 Å². The highest BCUT2D eigenvalue weighted by Crippen LogP contribution is 2.31. The van der Waals surface area contributed by atoms with E-state index in [1.807, 2.05) is 35.9 Å². The van der Waals surface area contributed by atoms with E-state index < -0.39 is 17.7 Å². The van der Waals surface area contributed by atoms with Gasteiger partial charge in [-0.05, 0) is 61.8 Å². The number of aryl methyl sites for hydroxylation is 1. The molecule has 2 heterocycles. The summed E-state index contributed by atoms with van der Waals surface area (Å²) in [5, 5.41) is 12.8. The molecule has 1 aliphatic carbocycles. The number of nitrogens with one attached hydrogen (secondary N) is 1. The fourth-order valence-electron chi connectivity index (χ4n) is 6.13. The molecule has 1 aromatic heterocycles. The van der Waals surface area contributed by atoms with Gasteiger partial charge in [-0.3, -0.25) is 14.4 Å². The van der Waals surface area contributed by atoms with E-state index in [0.29, 0.717) is 44.4 Å². The van der Waals surface area contributed by atoms with Gasteiger partial charge < -0.3 is 24.6 Å². The van der Waals surface area contributed by atoms with Gasteiger partial charge in [-0.25, -0.2) is 4.39 Å². The number of carbonyl (C=O) groups excluding carboxylic acids is 2. The molecule has 2 aromatic carbocycles. The Morgan fingerprint density at radius 2 is 1.88 bits per heavy atom. The molecule has 5 rings (SSSR count). The van der Waals surface area contributed by atoms with Crippen molar-refractivity contribution < 1.29 is 28.6 Å². The maximum absolute atomic E-state index is 15.2. The fourth-order valence-corrected chi connectivity index (χ4v) is 6.37. The van der Waals surface area contributed by atoms with E-state index in [4.69, 9.17) is 16.3 Å². The highest BCUT2D eigenvalue weighted by Gasteiger charge is 2.35. The lowest BCUT2D eigenvalue weighted by Crippen LogP contribution is -2.40. The van der Waals surface area contributed by atoms with Crippen LogP contribution in [0.4, 0.5) is 10.1 Å². The van der Waals surface area contributed by atoms with Gasteiger partial charge in [0.25, 0.3) is 5.91 Å². The van der Waals surface area contributed by atoms with Gasteiger partial charge in [0.05, 0.1) is 47.4 Å². The maximum atomic E-state index is 15.2. The van der Waals surface area contributed by atoms with Crippen molar-refractivity contribution >= 4 is 46.0 Å². The van der Waals surface area contributed by atoms with Crippen molar-refractivity contribution in [3.05, 3.63) is 64.6 Å². The summed E-state index contributed by atoms with van der Waals surface area (Å²) in [6.45, 7) is 3.01. The van der Waals surface area contributed by atoms with Crippen LogP contribution in [0, 0.1) is 17.7 Å². The molecule has 218 valence electrons. The lowest BCUT2D eigenvalue weighted by Gasteiger charge is -2.30. The molecular formula is C31H35ClFN3O5. The number of nitrogens with zero attached hydrogens (tertiary/aromatic N) is 2. The highest BCUT2D eigenvalue weighted by atomic mass is 35.5. The van der Waals surface area contributed by atoms with Crippen LogP contribution in [0.1, 0.15) is 54.9 Å². The number of anilines is 1. The van der Waals surface area contributed by atoms with Gasteiger partial charge in [0, 0.05) is 30.7 Å². The normalized spacial score (nSPS) is 22.7. The third-order valence-corrected chi connectivity index (χ3v) is 8.67. The number of hydrogen-bond acceptors (Lipinski definition) is 4. The van der Waals surface area contributed by atoms with Crippen LogP contribution in [0.3, 0.4) is 0 Å². The molecule has 2 amide bonds. The van der Waals surface area contributed by atoms with Gasteiger partial charge in [0.2, 0.25) is 5.91 Å². The molecule has 0 unspecified atom stereocenters. The molecule has 2 atom stereocenters. The van der Waals surface area contributed by atoms with Crippen molar-refractivity contribution in [3.63, 3.8) is 0 Å². The zero-order valence-electron chi connectivity index (χ0n) is 23.2. The van der Waals surface area contributed by atoms with Crippen LogP contribution < -0.4 is 5.32 Å². The van der Waals surface area contributed by atoms with Crippen molar-refractivity contribution in [3.8, 4) is 0 Å². The molecule has 3 aromatic rings. The maximum Gasteiger partial charge on any atom is 0.306 e. The number of aliphatic carboxylic acids is 1. The molecule has 2 fully saturated rings. The van der Waals surface area contributed by atoms with Crippen LogP contribution >= 0.6 is 11.6 Å². The number of benzene rings is 2. The summed E-state index contributed by atoms with van der Waals surface area (Å²) in [6, 6.07) is 9.95. The average molecular weight is 584 g/mol. The number of hydrogen-bond donors (Lipinski definition) is 2. The molecule has 2 aliphatic rings. The molecule has 41 heavy (non-hydrogen) atoms. The lowest BCUT2D eigenvalue weighted by molar-refractivity contribution is -0.144. The second kappa shape index (κ2) is 12.2. The van der Waals surface area contributed by atoms with Crippen LogP contribution in [0.25, 0.3) is 10.9 Å². The van der Waals surface area contributed by atoms with E-state index >= 15 is 4.39 Å². The number of carboxylic acids is 1. The number of halogens is 2. The van der Waals surface area contributed by atoms with Crippen LogP contribution in [0.2, 0.25) is 5.02 Å². The molecule has 1 saturated heterocycles. The second-order valence-electron chi connectivity index (χ2n) is 11.4. The van der Waals surface area contributed by atoms with E-state index in [9.17, 15) is 19.5 Å². The van der Waals surface area contributed by atoms with Gasteiger partial charge in [0.15, 0.2) is 0 Å². The molecule has 10 heteroatoms. The number of fused-ring (bicyclic) bond motifs is 1. The quantitative estimate of drug-likeness (QED) is 0.356. The molecule has 0 bridgehead atoms. The van der Waals surface area contributed by atoms with Crippen molar-refractivity contribution in [1.29, 1.82) is 0 Å². The Morgan fingerprint density at radius 3 is 2.61 bits per heavy atom. The zero-order chi connectivity index (χ0) is 29.3. The first-order valence-electron chi connectivity index (χ1n) is 14.1. The third kappa shape index (κ3) is 6.41. The van der Waals surface area contributed by atoms with E-state index in [2.05, 4.69) is 12.2 Å². The number of carbonyl (C=O) groups is 3. The number of aromatic nitrogens is 1. The fraction of sp³-hybridized carbons (Fsp3) is 0.452. The Balaban J connectivity index is 1.21. The van der Waals surface area contributed by atoms with Crippen molar-refractivity contribution in [2.24, 2.45) is 18.9 Å². The summed E-state index contributed by atoms with van der Waals surface area (Å²) >= 11 is 6.45. The van der Waals surface area contributed by atoms with Crippen LogP contribution in [0.5, 0.6) is 0 Å². The average Bonchev–Trinajstić information content (AvgIpc) is 3.50. The first kappa shape index (κ1) is 29.1. The van der Waals surface area contributed by atoms with Crippen LogP contribution in [-0.4, -0.2) is 57.7 Å². The van der Waals surface area contributed by atoms with Gasteiger partial charge in [-0.15, -0.1) is 0 Å². The minimum absolute atomic E-state index is 0.00802. The van der Waals surface area contributed by atoms with Crippen molar-refractivity contribution in [2.75, 3.05) is 18.5 Å². The first-order valence-corrected chi connectivity index (χ1v) is 14.5. The molecule has 2 N–H and O–H groups in total. The molecule has 1 saturated carbocycles. The zero-order valence-corrected chi connectivity index (χ0v) is 24.0. The molecular weight excluding hydrogens is 549 g/mol. The van der Waals surface area contributed by atoms with E-state index in [0.717, 1.165) is 23.4 Å². The second-order valence-corrected chi connectivity index (χ2v) is 11.8. The molecule has 0 radical (unpaired) electrons. The largest absolute Gasteiger partial charge is 0.481 e. The summed E-state index contributed by atoms with van der Waals surface area (Å²) in [5.74, 6) is -2.00. The van der Waals surface area contributed by atoms with Crippen LogP contribution in [0.15, 0.2) is 42.6 Å². The Kier molecular flexibility index (Phi) is 8.66. The van der Waals surface area contributed by atoms with Crippen molar-refractivity contribution in [1.82, 2.24) is 9.47 Å². The minimum Gasteiger partial charge on any atom is -0.481 e. The van der Waals surface area contributed by atoms with Crippen LogP contribution in [-0.2, 0) is 27.8 Å². The number of ether oxygens (including phenoxy) is 1. The Labute approximate surface area is 243 Å². The van der Waals surface area contributed by atoms with E-state index in [1.54, 1.807) is 11.1 Å². The van der Waals surface area contributed by atoms with E-state index in [1.165, 1.54) is 6.07 Å². The summed E-state index contributed by atoms with van der Waals surface area (Å²) in [6.07, 6.45) is 4.93. The highest BCUT2D eigenvalue weighted by molar-refractivity contribution is 6.34. The molecule has 1 aliphatic heterocycles. The lowest BCUT2D eigenvalue weighted by atomic mass is 9.87. The Hall–Kier alpha value is -3.43. The predicted octanol–water partition coefficient (Wildman–Crippen LogP) is 5.66. The predicted molar refractivity (Wildman–Crippen MR) is 155 cm³/mol. The third-order valence-electron chi connectivity index (χ3n) is 8.36. The number of likely N-dealkylation sites (tertiary alicyclic amines) is 1. The monoisotopic (exact) mass is 583 g/mol. The standard InChI is InChI=1S/C31H35ClFN3O5/c1-18-11-21(17-41-22-9-7-19(8-10-22)31(39)40)36(15-18)29(37)13-20-12-25(32)27(14-26(20)33)34-30(38)24-16-35(2)28-6-4-3-5-23(24)28/h3-6,12,14,16,18-19,21-22H,7-11,13,15,17H2,1-2H3,(H,34,38)(H,39,40)/t18-,19?,21-,22?/m0/s1. The van der Waals surface area contributed by atoms with E-state index in [-0.39, 0.29) is 52.6 Å². The summed E-state index contributed by atoms with van der Waals surface area (Å²) < 4.78 is 23.1. The first-order chi connectivity index (χ1) is 19.6. The Bertz CT molecular complexity index is 1470. The number of carboxylic acid groups (broad SMARTS) is 1. The number of rotatable bonds is 8. The minimum atomic E-state index is -0.752. The van der Waals surface area contributed by atoms with Crippen molar-refractivity contribution in [2.45, 2.75) is 57.6 Å². The van der Waals surface area contributed by atoms with Gasteiger partial charge in [-0.2, -0.15) is 0 Å². The summed E-state index contributed by atoms with van der Waals surface area (Å²) in [5.41, 5.74) is 1.64. The summed E-state index contributed by atoms with van der Waals surface area (Å²) in [7, 11) is 1.85. The Morgan fingerprint density at radius 1 is 1.15 bits per heavy atom. The van der Waals surface area contributed by atoms with Gasteiger partial charge in [0.1, 0.15) is 5.82 Å². The molecule has 8 nitrogen and oxygen atoms in total. The number of para-hydroxylation sites is 1. The smallest absolute Gasteiger partial charge is 0.306 e. The SMILES string of the molecule is C[C@H]1C[C@@H](COC2CCC(C(=O)O)CC2)N(C(=O)Cc2cc(Cl)c(NC(=O)c3cn(C)c4ccccc34)cc2F)C1. The number of amides is 2. The van der Waals surface area contributed by atoms with Gasteiger partial charge in [-0.1, -0.05) is 36.7 Å². The topological polar surface area (TPSA) is 101 Å².